The van der Waals surface area contributed by atoms with Crippen molar-refractivity contribution in [3.63, 3.8) is 0 Å². The van der Waals surface area contributed by atoms with Gasteiger partial charge in [0.05, 0.1) is 16.8 Å². The Labute approximate surface area is 285 Å². The third kappa shape index (κ3) is 4.61. The Balaban J connectivity index is 1.34. The fourth-order valence-electron chi connectivity index (χ4n) is 7.45. The van der Waals surface area contributed by atoms with Gasteiger partial charge in [-0.05, 0) is 75.4 Å². The number of allylic oxidation sites excluding steroid dienone is 3. The summed E-state index contributed by atoms with van der Waals surface area (Å²) in [4.78, 5) is 4.79. The second-order valence-corrected chi connectivity index (χ2v) is 12.9. The molecule has 6 aromatic rings. The van der Waals surface area contributed by atoms with Gasteiger partial charge >= 0.3 is 0 Å². The standard InChI is InChI=1S/C44H33BrN2/c1-31(33-16-4-3-5-17-33)28-29-32(2)47-42-26-14-9-21-37(42)44(38-22-10-15-27-43(38)47)35-19-7-12-24-40(35)46(41-25-13-8-20-36(41)44)30-34-18-6-11-23-39(34)45/h3-29H,1-2,30H2/b29-28-. The van der Waals surface area contributed by atoms with Crippen molar-refractivity contribution in [3.8, 4) is 0 Å². The molecule has 2 aliphatic heterocycles. The largest absolute Gasteiger partial charge is 0.336 e. The van der Waals surface area contributed by atoms with Gasteiger partial charge in [0.2, 0.25) is 0 Å². The highest BCUT2D eigenvalue weighted by Gasteiger charge is 2.51. The summed E-state index contributed by atoms with van der Waals surface area (Å²) < 4.78 is 1.11. The molecule has 0 N–H and O–H groups in total. The molecule has 0 unspecified atom stereocenters. The van der Waals surface area contributed by atoms with E-state index in [0.717, 1.165) is 39.2 Å². The maximum atomic E-state index is 4.62. The van der Waals surface area contributed by atoms with Gasteiger partial charge in [-0.1, -0.05) is 156 Å². The van der Waals surface area contributed by atoms with Crippen LogP contribution in [-0.2, 0) is 12.0 Å². The van der Waals surface area contributed by atoms with Gasteiger partial charge in [-0.2, -0.15) is 0 Å². The predicted octanol–water partition coefficient (Wildman–Crippen LogP) is 11.7. The quantitative estimate of drug-likeness (QED) is 0.163. The number of hydrogen-bond donors (Lipinski definition) is 0. The normalized spacial score (nSPS) is 13.9. The highest BCUT2D eigenvalue weighted by molar-refractivity contribution is 9.10. The Morgan fingerprint density at radius 2 is 0.979 bits per heavy atom. The van der Waals surface area contributed by atoms with E-state index in [1.807, 2.05) is 18.2 Å². The number of para-hydroxylation sites is 4. The van der Waals surface area contributed by atoms with Crippen LogP contribution in [0.15, 0.2) is 187 Å². The Kier molecular flexibility index (Phi) is 7.27. The molecule has 47 heavy (non-hydrogen) atoms. The molecule has 226 valence electrons. The average Bonchev–Trinajstić information content (AvgIpc) is 3.13. The van der Waals surface area contributed by atoms with Gasteiger partial charge in [0.25, 0.3) is 0 Å². The smallest absolute Gasteiger partial charge is 0.0782 e. The van der Waals surface area contributed by atoms with Crippen LogP contribution in [0.1, 0.15) is 33.4 Å². The van der Waals surface area contributed by atoms with Crippen molar-refractivity contribution in [1.82, 2.24) is 0 Å². The molecule has 0 radical (unpaired) electrons. The highest BCUT2D eigenvalue weighted by Crippen LogP contribution is 2.62. The molecule has 2 nitrogen and oxygen atoms in total. The summed E-state index contributed by atoms with van der Waals surface area (Å²) in [5.41, 5.74) is 13.3. The molecule has 3 heteroatoms. The molecule has 0 atom stereocenters. The third-order valence-electron chi connectivity index (χ3n) is 9.49. The molecule has 2 heterocycles. The summed E-state index contributed by atoms with van der Waals surface area (Å²) in [7, 11) is 0. The minimum absolute atomic E-state index is 0.543. The van der Waals surface area contributed by atoms with E-state index in [-0.39, 0.29) is 0 Å². The first-order valence-electron chi connectivity index (χ1n) is 15.9. The highest BCUT2D eigenvalue weighted by atomic mass is 79.9. The van der Waals surface area contributed by atoms with E-state index in [1.165, 1.54) is 39.2 Å². The first-order valence-corrected chi connectivity index (χ1v) is 16.7. The van der Waals surface area contributed by atoms with E-state index >= 15 is 0 Å². The van der Waals surface area contributed by atoms with Crippen molar-refractivity contribution >= 4 is 44.3 Å². The zero-order valence-electron chi connectivity index (χ0n) is 26.0. The van der Waals surface area contributed by atoms with E-state index < -0.39 is 5.41 Å². The van der Waals surface area contributed by atoms with Crippen molar-refractivity contribution in [3.05, 3.63) is 221 Å². The van der Waals surface area contributed by atoms with Crippen LogP contribution in [0.3, 0.4) is 0 Å². The van der Waals surface area contributed by atoms with Gasteiger partial charge in [-0.3, -0.25) is 0 Å². The summed E-state index contributed by atoms with van der Waals surface area (Å²) in [5.74, 6) is 0. The van der Waals surface area contributed by atoms with Crippen molar-refractivity contribution < 1.29 is 0 Å². The van der Waals surface area contributed by atoms with Crippen LogP contribution in [0.5, 0.6) is 0 Å². The van der Waals surface area contributed by atoms with Crippen LogP contribution in [0, 0.1) is 0 Å². The summed E-state index contributed by atoms with van der Waals surface area (Å²) in [6, 6.07) is 54.3. The molecule has 8 rings (SSSR count). The summed E-state index contributed by atoms with van der Waals surface area (Å²) in [6.45, 7) is 9.70. The molecule has 0 aromatic heterocycles. The SMILES string of the molecule is C=C(/C=C\C(=C)N1c2ccccc2C2(c3ccccc3N(Cc3ccccc3Br)c3ccccc32)c2ccccc21)c1ccccc1. The first kappa shape index (κ1) is 29.1. The molecule has 0 aliphatic carbocycles. The average molecular weight is 670 g/mol. The number of halogens is 1. The van der Waals surface area contributed by atoms with Crippen molar-refractivity contribution in [1.29, 1.82) is 0 Å². The first-order chi connectivity index (χ1) is 23.1. The van der Waals surface area contributed by atoms with Crippen molar-refractivity contribution in [2.75, 3.05) is 9.80 Å². The van der Waals surface area contributed by atoms with Crippen LogP contribution >= 0.6 is 15.9 Å². The lowest BCUT2D eigenvalue weighted by atomic mass is 9.60. The van der Waals surface area contributed by atoms with E-state index in [9.17, 15) is 0 Å². The molecule has 6 aromatic carbocycles. The van der Waals surface area contributed by atoms with Gasteiger partial charge in [0.15, 0.2) is 0 Å². The molecule has 2 aliphatic rings. The van der Waals surface area contributed by atoms with Crippen LogP contribution in [0.25, 0.3) is 5.57 Å². The molecule has 1 spiro atoms. The number of anilines is 4. The third-order valence-corrected chi connectivity index (χ3v) is 10.3. The molecule has 0 bridgehead atoms. The topological polar surface area (TPSA) is 6.48 Å². The zero-order valence-corrected chi connectivity index (χ0v) is 27.6. The number of rotatable bonds is 6. The Morgan fingerprint density at radius 3 is 1.53 bits per heavy atom. The Hall–Kier alpha value is -5.38. The minimum Gasteiger partial charge on any atom is -0.336 e. The van der Waals surface area contributed by atoms with Crippen LogP contribution in [-0.4, -0.2) is 0 Å². The van der Waals surface area contributed by atoms with Gasteiger partial charge in [0.1, 0.15) is 0 Å². The van der Waals surface area contributed by atoms with Gasteiger partial charge < -0.3 is 9.80 Å². The second kappa shape index (κ2) is 11.8. The van der Waals surface area contributed by atoms with E-state index in [1.54, 1.807) is 0 Å². The minimum atomic E-state index is -0.543. The maximum absolute atomic E-state index is 4.62. The lowest BCUT2D eigenvalue weighted by Crippen LogP contribution is -2.43. The fraction of sp³-hybridized carbons (Fsp3) is 0.0455. The lowest BCUT2D eigenvalue weighted by Gasteiger charge is -2.51. The predicted molar refractivity (Wildman–Crippen MR) is 201 cm³/mol. The van der Waals surface area contributed by atoms with Crippen molar-refractivity contribution in [2.45, 2.75) is 12.0 Å². The number of benzene rings is 6. The van der Waals surface area contributed by atoms with E-state index in [0.29, 0.717) is 0 Å². The molecule has 0 fully saturated rings. The van der Waals surface area contributed by atoms with Gasteiger partial charge in [0, 0.05) is 28.1 Å². The molecule has 0 saturated heterocycles. The fourth-order valence-corrected chi connectivity index (χ4v) is 7.86. The van der Waals surface area contributed by atoms with E-state index in [4.69, 9.17) is 0 Å². The van der Waals surface area contributed by atoms with Crippen molar-refractivity contribution in [2.24, 2.45) is 0 Å². The second-order valence-electron chi connectivity index (χ2n) is 12.0. The molecular weight excluding hydrogens is 636 g/mol. The maximum Gasteiger partial charge on any atom is 0.0782 e. The lowest BCUT2D eigenvalue weighted by molar-refractivity contribution is 0.703. The van der Waals surface area contributed by atoms with E-state index in [2.05, 4.69) is 184 Å². The zero-order chi connectivity index (χ0) is 32.0. The molecule has 0 saturated carbocycles. The monoisotopic (exact) mass is 668 g/mol. The van der Waals surface area contributed by atoms with Gasteiger partial charge in [-0.25, -0.2) is 0 Å². The summed E-state index contributed by atoms with van der Waals surface area (Å²) >= 11 is 3.82. The number of nitrogens with zero attached hydrogens (tertiary/aromatic N) is 2. The van der Waals surface area contributed by atoms with Gasteiger partial charge in [-0.15, -0.1) is 0 Å². The molecular formula is C44H33BrN2. The Morgan fingerprint density at radius 1 is 0.532 bits per heavy atom. The number of hydrogen-bond acceptors (Lipinski definition) is 2. The summed E-state index contributed by atoms with van der Waals surface area (Å²) in [6.07, 6.45) is 4.15. The summed E-state index contributed by atoms with van der Waals surface area (Å²) in [5, 5.41) is 0. The van der Waals surface area contributed by atoms with Crippen LogP contribution < -0.4 is 9.80 Å². The van der Waals surface area contributed by atoms with Crippen LogP contribution in [0.4, 0.5) is 22.7 Å². The number of fused-ring (bicyclic) bond motifs is 8. The van der Waals surface area contributed by atoms with Crippen LogP contribution in [0.2, 0.25) is 0 Å². The molecule has 0 amide bonds. The Bertz CT molecular complexity index is 2100.